The van der Waals surface area contributed by atoms with Crippen LogP contribution >= 0.6 is 11.6 Å². The number of benzene rings is 1. The summed E-state index contributed by atoms with van der Waals surface area (Å²) < 4.78 is 35.3. The molecule has 2 aromatic heterocycles. The Morgan fingerprint density at radius 3 is 1.85 bits per heavy atom. The highest BCUT2D eigenvalue weighted by molar-refractivity contribution is 7.88. The molecule has 1 aromatic carbocycles. The second kappa shape index (κ2) is 20.6. The Hall–Kier alpha value is -4.88. The molecule has 0 saturated carbocycles. The first kappa shape index (κ1) is 47.8. The number of rotatable bonds is 4. The number of nitrogens with two attached hydrogens (primary N) is 1. The first-order valence-corrected chi connectivity index (χ1v) is 22.3. The van der Waals surface area contributed by atoms with Crippen LogP contribution in [0.2, 0.25) is 5.02 Å². The molecule has 3 saturated heterocycles. The van der Waals surface area contributed by atoms with Gasteiger partial charge in [-0.15, -0.1) is 0 Å². The number of nitrogens with one attached hydrogen (secondary N) is 1. The number of carboxylic acid groups (broad SMARTS) is 1. The molecule has 332 valence electrons. The average Bonchev–Trinajstić information content (AvgIpc) is 3.67. The van der Waals surface area contributed by atoms with Crippen molar-refractivity contribution in [2.45, 2.75) is 78.1 Å². The molecule has 6 rings (SSSR count). The van der Waals surface area contributed by atoms with E-state index in [9.17, 15) is 27.6 Å². The number of carbonyl (C=O) groups is 4. The third-order valence-corrected chi connectivity index (χ3v) is 11.7. The van der Waals surface area contributed by atoms with E-state index in [1.54, 1.807) is 51.1 Å². The highest BCUT2D eigenvalue weighted by Gasteiger charge is 2.34. The van der Waals surface area contributed by atoms with Crippen molar-refractivity contribution in [1.82, 2.24) is 34.2 Å². The third kappa shape index (κ3) is 14.1. The van der Waals surface area contributed by atoms with Gasteiger partial charge in [0.15, 0.2) is 11.6 Å². The van der Waals surface area contributed by atoms with Crippen LogP contribution in [0.4, 0.5) is 21.2 Å². The molecule has 3 aliphatic rings. The molecule has 3 aliphatic heterocycles. The second-order valence-corrected chi connectivity index (χ2v) is 19.6. The smallest absolute Gasteiger partial charge is 0.407 e. The third-order valence-electron chi connectivity index (χ3n) is 10.2. The van der Waals surface area contributed by atoms with Crippen LogP contribution in [-0.2, 0) is 25.6 Å². The molecule has 5 heterocycles. The van der Waals surface area contributed by atoms with E-state index < -0.39 is 16.1 Å². The second-order valence-electron chi connectivity index (χ2n) is 17.2. The molecule has 0 bridgehead atoms. The molecule has 60 heavy (non-hydrogen) atoms. The number of nitrogens with zero attached hydrogens (tertiary/aromatic N) is 7. The van der Waals surface area contributed by atoms with Crippen molar-refractivity contribution in [3.8, 4) is 0 Å². The average molecular weight is 878 g/mol. The normalized spacial score (nSPS) is 18.2. The van der Waals surface area contributed by atoms with Gasteiger partial charge in [-0.3, -0.25) is 14.9 Å². The fraction of sp³-hybridized carbons (Fsp3) is 0.600. The molecule has 3 aromatic rings. The van der Waals surface area contributed by atoms with Crippen LogP contribution in [0.25, 0.3) is 0 Å². The fourth-order valence-electron chi connectivity index (χ4n) is 6.65. The van der Waals surface area contributed by atoms with Crippen LogP contribution in [0.1, 0.15) is 89.1 Å². The molecule has 1 atom stereocenters. The molecule has 4 N–H and O–H groups in total. The van der Waals surface area contributed by atoms with Gasteiger partial charge in [-0.1, -0.05) is 63.5 Å². The first-order chi connectivity index (χ1) is 28.0. The van der Waals surface area contributed by atoms with Crippen molar-refractivity contribution in [3.63, 3.8) is 0 Å². The molecule has 0 aliphatic carbocycles. The molecule has 5 amide bonds. The predicted octanol–water partition coefficient (Wildman–Crippen LogP) is 5.43. The summed E-state index contributed by atoms with van der Waals surface area (Å²) in [6.07, 6.45) is 2.94. The monoisotopic (exact) mass is 877 g/mol. The lowest BCUT2D eigenvalue weighted by atomic mass is 9.93. The number of sulfonamides is 1. The highest BCUT2D eigenvalue weighted by Crippen LogP contribution is 2.26. The number of hydrogen-bond donors (Lipinski definition) is 3. The molecular formula is C40H60ClN9O9S. The predicted molar refractivity (Wildman–Crippen MR) is 227 cm³/mol. The Bertz CT molecular complexity index is 2030. The fourth-order valence-corrected chi connectivity index (χ4v) is 7.69. The summed E-state index contributed by atoms with van der Waals surface area (Å²) in [4.78, 5) is 55.3. The molecule has 20 heteroatoms. The number of aromatic nitrogens is 2. The van der Waals surface area contributed by atoms with Crippen LogP contribution in [0, 0.1) is 5.92 Å². The van der Waals surface area contributed by atoms with Crippen molar-refractivity contribution in [3.05, 3.63) is 58.5 Å². The lowest BCUT2D eigenvalue weighted by Crippen LogP contribution is -2.47. The molecule has 3 fully saturated rings. The SMILES string of the molecule is CC(C)(C)c1cc(N)no1.CC(C)(C)c1cc(NC(=O)N2CCCN(C(=O)C3CCCN(S(C)(=O)=O)C3)CC2)no1.O=C(O)N1CCCN(C(=O)c2ccc(Cl)cc2)CC1. The van der Waals surface area contributed by atoms with Gasteiger partial charge in [-0.05, 0) is 49.9 Å². The van der Waals surface area contributed by atoms with Crippen LogP contribution in [-0.4, -0.2) is 143 Å². The van der Waals surface area contributed by atoms with Crippen LogP contribution in [0.3, 0.4) is 0 Å². The standard InChI is InChI=1S/C20H33N5O5S.C13H15ClN2O3.C7H12N2O/c1-20(2,3)16-13-17(22-30-16)21-19(27)24-9-6-8-23(11-12-24)18(26)15-7-5-10-25(14-15)31(4,28)29;14-11-4-2-10(3-5-11)12(17)15-6-1-7-16(9-8-15)13(18)19;1-7(2,3)5-4-6(8)9-10-5/h13,15H,5-12,14H2,1-4H3,(H,21,22,27);2-5H,1,6-9H2,(H,18,19);4H,1-3H3,(H2,8,9). The number of carbonyl (C=O) groups excluding carboxylic acids is 3. The summed E-state index contributed by atoms with van der Waals surface area (Å²) in [6, 6.07) is 9.92. The number of amides is 5. The minimum atomic E-state index is -3.30. The van der Waals surface area contributed by atoms with Gasteiger partial charge in [0.05, 0.1) is 12.2 Å². The summed E-state index contributed by atoms with van der Waals surface area (Å²) in [7, 11) is -3.30. The number of halogens is 1. The van der Waals surface area contributed by atoms with Gasteiger partial charge in [0, 0.05) is 99.0 Å². The van der Waals surface area contributed by atoms with E-state index in [4.69, 9.17) is 31.5 Å². The van der Waals surface area contributed by atoms with Crippen LogP contribution in [0.5, 0.6) is 0 Å². The maximum absolute atomic E-state index is 13.0. The number of urea groups is 1. The van der Waals surface area contributed by atoms with Gasteiger partial charge >= 0.3 is 12.1 Å². The van der Waals surface area contributed by atoms with Crippen LogP contribution < -0.4 is 11.1 Å². The lowest BCUT2D eigenvalue weighted by Gasteiger charge is -2.33. The molecule has 0 radical (unpaired) electrons. The van der Waals surface area contributed by atoms with Gasteiger partial charge in [0.1, 0.15) is 11.5 Å². The molecular weight excluding hydrogens is 818 g/mol. The lowest BCUT2D eigenvalue weighted by molar-refractivity contribution is -0.136. The Kier molecular flexibility index (Phi) is 16.4. The van der Waals surface area contributed by atoms with E-state index in [1.807, 2.05) is 41.5 Å². The Balaban J connectivity index is 0.000000230. The zero-order valence-electron chi connectivity index (χ0n) is 35.6. The zero-order chi connectivity index (χ0) is 44.4. The van der Waals surface area contributed by atoms with Gasteiger partial charge in [0.25, 0.3) is 5.91 Å². The summed E-state index contributed by atoms with van der Waals surface area (Å²) in [5.74, 6) is 1.90. The van der Waals surface area contributed by atoms with E-state index in [2.05, 4.69) is 15.6 Å². The van der Waals surface area contributed by atoms with E-state index in [0.29, 0.717) is 113 Å². The van der Waals surface area contributed by atoms with Gasteiger partial charge in [0.2, 0.25) is 15.9 Å². The number of anilines is 2. The minimum Gasteiger partial charge on any atom is -0.465 e. The largest absolute Gasteiger partial charge is 0.465 e. The van der Waals surface area contributed by atoms with Crippen molar-refractivity contribution in [1.29, 1.82) is 0 Å². The molecule has 1 unspecified atom stereocenters. The number of nitrogen functional groups attached to an aromatic ring is 1. The van der Waals surface area contributed by atoms with E-state index in [1.165, 1.54) is 15.5 Å². The number of hydrogen-bond acceptors (Lipinski definition) is 11. The molecule has 0 spiro atoms. The van der Waals surface area contributed by atoms with Crippen molar-refractivity contribution in [2.24, 2.45) is 5.92 Å². The number of piperidine rings is 1. The maximum atomic E-state index is 13.0. The zero-order valence-corrected chi connectivity index (χ0v) is 37.2. The maximum Gasteiger partial charge on any atom is 0.407 e. The summed E-state index contributed by atoms with van der Waals surface area (Å²) in [5.41, 5.74) is 5.75. The van der Waals surface area contributed by atoms with Gasteiger partial charge in [-0.25, -0.2) is 22.3 Å². The Morgan fingerprint density at radius 2 is 1.30 bits per heavy atom. The van der Waals surface area contributed by atoms with Gasteiger partial charge in [-0.2, -0.15) is 0 Å². The minimum absolute atomic E-state index is 0.00458. The van der Waals surface area contributed by atoms with E-state index in [0.717, 1.165) is 5.76 Å². The van der Waals surface area contributed by atoms with Crippen molar-refractivity contribution < 1.29 is 41.7 Å². The summed E-state index contributed by atoms with van der Waals surface area (Å²) >= 11 is 5.79. The van der Waals surface area contributed by atoms with Crippen molar-refractivity contribution >= 4 is 57.2 Å². The first-order valence-electron chi connectivity index (χ1n) is 20.1. The Labute approximate surface area is 357 Å². The topological polar surface area (TPSA) is 229 Å². The Morgan fingerprint density at radius 1 is 0.767 bits per heavy atom. The summed E-state index contributed by atoms with van der Waals surface area (Å²) in [6.45, 7) is 16.6. The summed E-state index contributed by atoms with van der Waals surface area (Å²) in [5, 5.41) is 19.8. The molecule has 18 nitrogen and oxygen atoms in total. The van der Waals surface area contributed by atoms with E-state index in [-0.39, 0.29) is 41.1 Å². The highest BCUT2D eigenvalue weighted by atomic mass is 35.5. The quantitative estimate of drug-likeness (QED) is 0.298. The van der Waals surface area contributed by atoms with Crippen LogP contribution in [0.15, 0.2) is 45.4 Å². The van der Waals surface area contributed by atoms with Crippen molar-refractivity contribution in [2.75, 3.05) is 82.8 Å². The van der Waals surface area contributed by atoms with Gasteiger partial charge < -0.3 is 39.5 Å². The van der Waals surface area contributed by atoms with E-state index >= 15 is 0 Å².